The average molecular weight is 228 g/mol. The standard InChI is InChI=1S/C10H4F4N2/c11-5-1-7(13)9(15-3-5)10-8(14)2-6(12)4-16-10/h1-4H. The van der Waals surface area contributed by atoms with Crippen molar-refractivity contribution in [2.24, 2.45) is 0 Å². The molecule has 82 valence electrons. The molecule has 0 aliphatic rings. The van der Waals surface area contributed by atoms with Gasteiger partial charge >= 0.3 is 0 Å². The maximum atomic E-state index is 13.2. The third-order valence-electron chi connectivity index (χ3n) is 1.84. The normalized spacial score (nSPS) is 10.5. The monoisotopic (exact) mass is 228 g/mol. The summed E-state index contributed by atoms with van der Waals surface area (Å²) in [6, 6.07) is 1.10. The van der Waals surface area contributed by atoms with Crippen LogP contribution in [0.1, 0.15) is 0 Å². The van der Waals surface area contributed by atoms with Gasteiger partial charge in [0.2, 0.25) is 0 Å². The lowest BCUT2D eigenvalue weighted by Gasteiger charge is -2.02. The van der Waals surface area contributed by atoms with Crippen molar-refractivity contribution in [2.45, 2.75) is 0 Å². The van der Waals surface area contributed by atoms with E-state index in [9.17, 15) is 17.6 Å². The van der Waals surface area contributed by atoms with Gasteiger partial charge in [-0.15, -0.1) is 0 Å². The van der Waals surface area contributed by atoms with Crippen molar-refractivity contribution in [3.05, 3.63) is 47.8 Å². The first-order valence-electron chi connectivity index (χ1n) is 4.20. The van der Waals surface area contributed by atoms with Gasteiger partial charge in [-0.3, -0.25) is 0 Å². The number of rotatable bonds is 1. The summed E-state index contributed by atoms with van der Waals surface area (Å²) in [4.78, 5) is 6.73. The Morgan fingerprint density at radius 1 is 0.688 bits per heavy atom. The molecule has 2 rings (SSSR count). The van der Waals surface area contributed by atoms with Gasteiger partial charge in [-0.05, 0) is 0 Å². The fourth-order valence-corrected chi connectivity index (χ4v) is 1.18. The summed E-state index contributed by atoms with van der Waals surface area (Å²) in [5, 5.41) is 0. The molecular weight excluding hydrogens is 224 g/mol. The Bertz CT molecular complexity index is 493. The molecule has 0 fully saturated rings. The van der Waals surface area contributed by atoms with Crippen molar-refractivity contribution in [3.8, 4) is 11.4 Å². The first-order valence-corrected chi connectivity index (χ1v) is 4.20. The van der Waals surface area contributed by atoms with Crippen LogP contribution in [0, 0.1) is 23.3 Å². The maximum absolute atomic E-state index is 13.2. The lowest BCUT2D eigenvalue weighted by molar-refractivity contribution is 0.562. The van der Waals surface area contributed by atoms with E-state index >= 15 is 0 Å². The molecule has 2 aromatic heterocycles. The molecule has 2 aromatic rings. The molecule has 0 amide bonds. The molecule has 2 heterocycles. The maximum Gasteiger partial charge on any atom is 0.154 e. The van der Waals surface area contributed by atoms with Crippen LogP contribution in [0.2, 0.25) is 0 Å². The molecule has 0 atom stereocenters. The van der Waals surface area contributed by atoms with E-state index in [1.54, 1.807) is 0 Å². The molecule has 0 saturated heterocycles. The third kappa shape index (κ3) is 1.86. The minimum atomic E-state index is -1.06. The predicted molar refractivity (Wildman–Crippen MR) is 47.3 cm³/mol. The zero-order valence-corrected chi connectivity index (χ0v) is 7.72. The Morgan fingerprint density at radius 2 is 1.06 bits per heavy atom. The van der Waals surface area contributed by atoms with Gasteiger partial charge in [0.1, 0.15) is 23.0 Å². The van der Waals surface area contributed by atoms with Crippen LogP contribution < -0.4 is 0 Å². The molecule has 6 heteroatoms. The summed E-state index contributed by atoms with van der Waals surface area (Å²) in [6.45, 7) is 0. The Labute approximate surface area is 87.6 Å². The fraction of sp³-hybridized carbons (Fsp3) is 0. The van der Waals surface area contributed by atoms with Crippen LogP contribution in [0.15, 0.2) is 24.5 Å². The van der Waals surface area contributed by atoms with Crippen LogP contribution >= 0.6 is 0 Å². The van der Waals surface area contributed by atoms with Gasteiger partial charge < -0.3 is 0 Å². The molecule has 0 aliphatic heterocycles. The van der Waals surface area contributed by atoms with Gasteiger partial charge in [0, 0.05) is 12.1 Å². The molecule has 0 radical (unpaired) electrons. The number of pyridine rings is 2. The van der Waals surface area contributed by atoms with E-state index in [0.717, 1.165) is 12.4 Å². The fourth-order valence-electron chi connectivity index (χ4n) is 1.18. The summed E-state index contributed by atoms with van der Waals surface area (Å²) in [5.41, 5.74) is -0.919. The molecule has 0 N–H and O–H groups in total. The highest BCUT2D eigenvalue weighted by Crippen LogP contribution is 2.21. The molecule has 0 unspecified atom stereocenters. The van der Waals surface area contributed by atoms with Gasteiger partial charge in [-0.2, -0.15) is 0 Å². The largest absolute Gasteiger partial charge is 0.248 e. The summed E-state index contributed by atoms with van der Waals surface area (Å²) < 4.78 is 51.5. The van der Waals surface area contributed by atoms with E-state index in [4.69, 9.17) is 0 Å². The molecule has 16 heavy (non-hydrogen) atoms. The van der Waals surface area contributed by atoms with Crippen LogP contribution in [0.5, 0.6) is 0 Å². The number of halogens is 4. The van der Waals surface area contributed by atoms with Crippen molar-refractivity contribution < 1.29 is 17.6 Å². The van der Waals surface area contributed by atoms with Crippen molar-refractivity contribution in [2.75, 3.05) is 0 Å². The van der Waals surface area contributed by atoms with Crippen LogP contribution in [0.25, 0.3) is 11.4 Å². The SMILES string of the molecule is Fc1cnc(-c2ncc(F)cc2F)c(F)c1. The minimum absolute atomic E-state index is 0.459. The second-order valence-corrected chi connectivity index (χ2v) is 2.97. The van der Waals surface area contributed by atoms with Crippen molar-refractivity contribution in [1.29, 1.82) is 0 Å². The first-order chi connectivity index (χ1) is 7.58. The van der Waals surface area contributed by atoms with Gasteiger partial charge in [-0.25, -0.2) is 27.5 Å². The number of hydrogen-bond acceptors (Lipinski definition) is 2. The number of aromatic nitrogens is 2. The molecular formula is C10H4F4N2. The van der Waals surface area contributed by atoms with Gasteiger partial charge in [0.25, 0.3) is 0 Å². The minimum Gasteiger partial charge on any atom is -0.248 e. The predicted octanol–water partition coefficient (Wildman–Crippen LogP) is 2.70. The highest BCUT2D eigenvalue weighted by atomic mass is 19.1. The average Bonchev–Trinajstić information content (AvgIpc) is 2.19. The zero-order valence-electron chi connectivity index (χ0n) is 7.72. The first kappa shape index (κ1) is 10.5. The zero-order chi connectivity index (χ0) is 11.7. The Kier molecular flexibility index (Phi) is 2.55. The van der Waals surface area contributed by atoms with Crippen LogP contribution in [-0.2, 0) is 0 Å². The van der Waals surface area contributed by atoms with E-state index in [0.29, 0.717) is 12.1 Å². The second kappa shape index (κ2) is 3.88. The highest BCUT2D eigenvalue weighted by molar-refractivity contribution is 5.55. The van der Waals surface area contributed by atoms with Crippen LogP contribution in [0.4, 0.5) is 17.6 Å². The second-order valence-electron chi connectivity index (χ2n) is 2.97. The summed E-state index contributed by atoms with van der Waals surface area (Å²) in [7, 11) is 0. The molecule has 0 aliphatic carbocycles. The van der Waals surface area contributed by atoms with Crippen molar-refractivity contribution in [3.63, 3.8) is 0 Å². The highest BCUT2D eigenvalue weighted by Gasteiger charge is 2.14. The summed E-state index contributed by atoms with van der Waals surface area (Å²) in [5.74, 6) is -3.89. The van der Waals surface area contributed by atoms with E-state index < -0.39 is 34.7 Å². The Hall–Kier alpha value is -1.98. The smallest absolute Gasteiger partial charge is 0.154 e. The lowest BCUT2D eigenvalue weighted by atomic mass is 10.2. The quantitative estimate of drug-likeness (QED) is 0.701. The van der Waals surface area contributed by atoms with Crippen LogP contribution in [0.3, 0.4) is 0 Å². The van der Waals surface area contributed by atoms with Crippen molar-refractivity contribution in [1.82, 2.24) is 9.97 Å². The number of hydrogen-bond donors (Lipinski definition) is 0. The van der Waals surface area contributed by atoms with Gasteiger partial charge in [-0.1, -0.05) is 0 Å². The van der Waals surface area contributed by atoms with Crippen molar-refractivity contribution >= 4 is 0 Å². The molecule has 2 nitrogen and oxygen atoms in total. The Morgan fingerprint density at radius 3 is 1.38 bits per heavy atom. The van der Waals surface area contributed by atoms with E-state index in [1.165, 1.54) is 0 Å². The molecule has 0 spiro atoms. The molecule has 0 saturated carbocycles. The lowest BCUT2D eigenvalue weighted by Crippen LogP contribution is -1.97. The summed E-state index contributed by atoms with van der Waals surface area (Å²) in [6.07, 6.45) is 1.45. The van der Waals surface area contributed by atoms with Crippen LogP contribution in [-0.4, -0.2) is 9.97 Å². The van der Waals surface area contributed by atoms with E-state index in [2.05, 4.69) is 9.97 Å². The van der Waals surface area contributed by atoms with E-state index in [1.807, 2.05) is 0 Å². The topological polar surface area (TPSA) is 25.8 Å². The number of nitrogens with zero attached hydrogens (tertiary/aromatic N) is 2. The molecule has 0 bridgehead atoms. The third-order valence-corrected chi connectivity index (χ3v) is 1.84. The summed E-state index contributed by atoms with van der Waals surface area (Å²) >= 11 is 0. The van der Waals surface area contributed by atoms with Gasteiger partial charge in [0.05, 0.1) is 12.4 Å². The molecule has 0 aromatic carbocycles. The van der Waals surface area contributed by atoms with E-state index in [-0.39, 0.29) is 0 Å². The Balaban J connectivity index is 2.59. The van der Waals surface area contributed by atoms with Gasteiger partial charge in [0.15, 0.2) is 11.6 Å².